The number of alkyl halides is 3. The standard InChI is InChI=1S/C27H27F3N2O6/c1-14-5-10-18-21-23(14)37-13-17(11-15-6-8-16(9-7-15)27(28,29)30)32(21)25(36)20(22(18)34)24(35)31-12-19(33)38-26(2,3)4/h5-10,17,34H,11-13H2,1-4H3,(H,31,35). The van der Waals surface area contributed by atoms with E-state index < -0.39 is 58.7 Å². The molecule has 0 aliphatic carbocycles. The SMILES string of the molecule is Cc1ccc2c(O)c(C(=O)NCC(=O)OC(C)(C)C)c(=O)n3c2c1OCC3Cc1ccc(C(F)(F)F)cc1. The molecule has 1 aliphatic rings. The van der Waals surface area contributed by atoms with E-state index >= 15 is 0 Å². The molecule has 1 amide bonds. The minimum atomic E-state index is -4.48. The minimum Gasteiger partial charge on any atom is -0.506 e. The van der Waals surface area contributed by atoms with Gasteiger partial charge in [-0.25, -0.2) is 0 Å². The number of carbonyl (C=O) groups is 2. The van der Waals surface area contributed by atoms with Crippen LogP contribution in [0.5, 0.6) is 11.5 Å². The molecule has 3 aromatic rings. The molecular weight excluding hydrogens is 505 g/mol. The van der Waals surface area contributed by atoms with Crippen molar-refractivity contribution >= 4 is 22.8 Å². The van der Waals surface area contributed by atoms with Crippen LogP contribution in [0.3, 0.4) is 0 Å². The Morgan fingerprint density at radius 3 is 2.39 bits per heavy atom. The summed E-state index contributed by atoms with van der Waals surface area (Å²) in [6, 6.07) is 7.11. The van der Waals surface area contributed by atoms with Crippen molar-refractivity contribution in [2.45, 2.75) is 51.9 Å². The Morgan fingerprint density at radius 1 is 1.13 bits per heavy atom. The summed E-state index contributed by atoms with van der Waals surface area (Å²) in [6.07, 6.45) is -4.35. The van der Waals surface area contributed by atoms with Crippen LogP contribution in [-0.4, -0.2) is 40.3 Å². The quantitative estimate of drug-likeness (QED) is 0.475. The molecule has 38 heavy (non-hydrogen) atoms. The third kappa shape index (κ3) is 5.32. The first-order valence-electron chi connectivity index (χ1n) is 11.9. The van der Waals surface area contributed by atoms with Gasteiger partial charge >= 0.3 is 12.1 Å². The Balaban J connectivity index is 1.75. The van der Waals surface area contributed by atoms with Crippen LogP contribution >= 0.6 is 0 Å². The lowest BCUT2D eigenvalue weighted by Crippen LogP contribution is -2.40. The molecule has 1 aromatic heterocycles. The minimum absolute atomic E-state index is 0.0115. The van der Waals surface area contributed by atoms with Gasteiger partial charge in [0.05, 0.1) is 17.1 Å². The Labute approximate surface area is 216 Å². The lowest BCUT2D eigenvalue weighted by Gasteiger charge is -2.30. The van der Waals surface area contributed by atoms with E-state index in [1.807, 2.05) is 0 Å². The number of aromatic hydroxyl groups is 1. The molecule has 2 heterocycles. The lowest BCUT2D eigenvalue weighted by molar-refractivity contribution is -0.153. The zero-order chi connectivity index (χ0) is 28.0. The van der Waals surface area contributed by atoms with Gasteiger partial charge in [0.25, 0.3) is 11.5 Å². The second-order valence-electron chi connectivity index (χ2n) is 10.1. The van der Waals surface area contributed by atoms with Gasteiger partial charge in [0.15, 0.2) is 0 Å². The molecule has 202 valence electrons. The zero-order valence-corrected chi connectivity index (χ0v) is 21.2. The highest BCUT2D eigenvalue weighted by Gasteiger charge is 2.33. The van der Waals surface area contributed by atoms with Gasteiger partial charge in [-0.1, -0.05) is 18.2 Å². The van der Waals surface area contributed by atoms with Crippen LogP contribution in [-0.2, 0) is 22.1 Å². The zero-order valence-electron chi connectivity index (χ0n) is 21.2. The number of carbonyl (C=O) groups excluding carboxylic acids is 2. The van der Waals surface area contributed by atoms with Gasteiger partial charge in [-0.05, 0) is 63.4 Å². The van der Waals surface area contributed by atoms with Gasteiger partial charge in [0.2, 0.25) is 0 Å². The number of aromatic nitrogens is 1. The molecular formula is C27H27F3N2O6. The maximum absolute atomic E-state index is 13.7. The van der Waals surface area contributed by atoms with Crippen LogP contribution in [0.2, 0.25) is 0 Å². The van der Waals surface area contributed by atoms with E-state index in [1.54, 1.807) is 39.8 Å². The Bertz CT molecular complexity index is 1470. The fourth-order valence-corrected chi connectivity index (χ4v) is 4.42. The van der Waals surface area contributed by atoms with Gasteiger partial charge < -0.3 is 19.9 Å². The number of aryl methyl sites for hydroxylation is 1. The number of halogens is 3. The maximum Gasteiger partial charge on any atom is 0.416 e. The second kappa shape index (κ2) is 9.70. The lowest BCUT2D eigenvalue weighted by atomic mass is 9.99. The second-order valence-corrected chi connectivity index (χ2v) is 10.1. The predicted octanol–water partition coefficient (Wildman–Crippen LogP) is 4.28. The van der Waals surface area contributed by atoms with Crippen molar-refractivity contribution in [3.63, 3.8) is 0 Å². The van der Waals surface area contributed by atoms with E-state index in [0.29, 0.717) is 16.9 Å². The van der Waals surface area contributed by atoms with Crippen LogP contribution in [0.15, 0.2) is 41.2 Å². The summed E-state index contributed by atoms with van der Waals surface area (Å²) in [5.41, 5.74) is -1.46. The summed E-state index contributed by atoms with van der Waals surface area (Å²) in [7, 11) is 0. The van der Waals surface area contributed by atoms with Crippen LogP contribution in [0, 0.1) is 6.92 Å². The summed E-state index contributed by atoms with van der Waals surface area (Å²) < 4.78 is 51.4. The van der Waals surface area contributed by atoms with Crippen LogP contribution in [0.25, 0.3) is 10.9 Å². The Hall–Kier alpha value is -4.02. The number of hydrogen-bond donors (Lipinski definition) is 2. The molecule has 1 aliphatic heterocycles. The molecule has 0 saturated carbocycles. The number of amides is 1. The first-order valence-corrected chi connectivity index (χ1v) is 11.9. The van der Waals surface area contributed by atoms with Gasteiger partial charge in [-0.2, -0.15) is 13.2 Å². The number of nitrogens with zero attached hydrogens (tertiary/aromatic N) is 1. The molecule has 0 bridgehead atoms. The highest BCUT2D eigenvalue weighted by Crippen LogP contribution is 2.40. The number of ether oxygens (including phenoxy) is 2. The van der Waals surface area contributed by atoms with E-state index in [-0.39, 0.29) is 23.9 Å². The number of benzene rings is 2. The molecule has 0 saturated heterocycles. The van der Waals surface area contributed by atoms with E-state index in [1.165, 1.54) is 16.7 Å². The molecule has 2 aromatic carbocycles. The Morgan fingerprint density at radius 2 is 1.79 bits per heavy atom. The topological polar surface area (TPSA) is 107 Å². The largest absolute Gasteiger partial charge is 0.506 e. The summed E-state index contributed by atoms with van der Waals surface area (Å²) >= 11 is 0. The van der Waals surface area contributed by atoms with E-state index in [2.05, 4.69) is 5.32 Å². The smallest absolute Gasteiger partial charge is 0.416 e. The fourth-order valence-electron chi connectivity index (χ4n) is 4.42. The van der Waals surface area contributed by atoms with Gasteiger partial charge in [-0.3, -0.25) is 19.0 Å². The Kier molecular flexibility index (Phi) is 6.90. The van der Waals surface area contributed by atoms with Crippen LogP contribution in [0.1, 0.15) is 53.9 Å². The average molecular weight is 533 g/mol. The number of pyridine rings is 1. The molecule has 1 atom stereocenters. The molecule has 0 radical (unpaired) electrons. The first-order chi connectivity index (χ1) is 17.7. The van der Waals surface area contributed by atoms with Crippen molar-refractivity contribution < 1.29 is 37.3 Å². The number of rotatable bonds is 5. The van der Waals surface area contributed by atoms with Crippen LogP contribution in [0.4, 0.5) is 13.2 Å². The summed E-state index contributed by atoms with van der Waals surface area (Å²) in [4.78, 5) is 38.7. The number of nitrogens with one attached hydrogen (secondary N) is 1. The molecule has 8 nitrogen and oxygen atoms in total. The third-order valence-corrected chi connectivity index (χ3v) is 6.07. The van der Waals surface area contributed by atoms with E-state index in [9.17, 15) is 32.7 Å². The molecule has 11 heteroatoms. The average Bonchev–Trinajstić information content (AvgIpc) is 2.81. The van der Waals surface area contributed by atoms with Crippen molar-refractivity contribution in [3.8, 4) is 11.5 Å². The van der Waals surface area contributed by atoms with Gasteiger partial charge in [-0.15, -0.1) is 0 Å². The van der Waals surface area contributed by atoms with Gasteiger partial charge in [0, 0.05) is 5.39 Å². The molecule has 0 spiro atoms. The summed E-state index contributed by atoms with van der Waals surface area (Å²) in [5.74, 6) is -1.90. The molecule has 2 N–H and O–H groups in total. The molecule has 0 fully saturated rings. The van der Waals surface area contributed by atoms with Crippen molar-refractivity contribution in [1.82, 2.24) is 9.88 Å². The number of hydrogen-bond acceptors (Lipinski definition) is 6. The monoisotopic (exact) mass is 532 g/mol. The number of esters is 1. The van der Waals surface area contributed by atoms with E-state index in [0.717, 1.165) is 12.1 Å². The summed E-state index contributed by atoms with van der Waals surface area (Å²) in [5, 5.41) is 13.5. The molecule has 1 unspecified atom stereocenters. The van der Waals surface area contributed by atoms with Crippen molar-refractivity contribution in [2.75, 3.05) is 13.2 Å². The normalized spacial score (nSPS) is 15.2. The fraction of sp³-hybridized carbons (Fsp3) is 0.370. The summed E-state index contributed by atoms with van der Waals surface area (Å²) in [6.45, 7) is 6.24. The predicted molar refractivity (Wildman–Crippen MR) is 132 cm³/mol. The van der Waals surface area contributed by atoms with Crippen molar-refractivity contribution in [3.05, 3.63) is 69.0 Å². The van der Waals surface area contributed by atoms with Crippen LogP contribution < -0.4 is 15.6 Å². The maximum atomic E-state index is 13.7. The van der Waals surface area contributed by atoms with Gasteiger partial charge in [0.1, 0.15) is 35.8 Å². The first kappa shape index (κ1) is 27.0. The van der Waals surface area contributed by atoms with Crippen molar-refractivity contribution in [2.24, 2.45) is 0 Å². The van der Waals surface area contributed by atoms with Crippen molar-refractivity contribution in [1.29, 1.82) is 0 Å². The van der Waals surface area contributed by atoms with E-state index in [4.69, 9.17) is 9.47 Å². The third-order valence-electron chi connectivity index (χ3n) is 6.07. The molecule has 4 rings (SSSR count). The highest BCUT2D eigenvalue weighted by atomic mass is 19.4. The highest BCUT2D eigenvalue weighted by molar-refractivity contribution is 6.04.